The van der Waals surface area contributed by atoms with Crippen LogP contribution in [0.3, 0.4) is 0 Å². The van der Waals surface area contributed by atoms with Crippen molar-refractivity contribution in [2.24, 2.45) is 12.8 Å². The van der Waals surface area contributed by atoms with E-state index in [1.807, 2.05) is 25.6 Å². The van der Waals surface area contributed by atoms with Crippen LogP contribution in [0.1, 0.15) is 23.9 Å². The van der Waals surface area contributed by atoms with Gasteiger partial charge in [-0.15, -0.1) is 12.4 Å². The van der Waals surface area contributed by atoms with Crippen molar-refractivity contribution < 1.29 is 4.79 Å². The lowest BCUT2D eigenvalue weighted by Gasteiger charge is -2.07. The molecule has 0 saturated carbocycles. The van der Waals surface area contributed by atoms with Gasteiger partial charge in [0.2, 0.25) is 5.91 Å². The van der Waals surface area contributed by atoms with Crippen LogP contribution in [0.2, 0.25) is 0 Å². The van der Waals surface area contributed by atoms with Crippen molar-refractivity contribution in [3.05, 3.63) is 17.0 Å². The Morgan fingerprint density at radius 1 is 1.56 bits per heavy atom. The monoisotopic (exact) mass is 246 g/mol. The summed E-state index contributed by atoms with van der Waals surface area (Å²) in [7, 11) is 1.89. The van der Waals surface area contributed by atoms with Crippen molar-refractivity contribution in [3.63, 3.8) is 0 Å². The zero-order valence-corrected chi connectivity index (χ0v) is 10.9. The number of carbonyl (C=O) groups excluding carboxylic acids is 1. The third-order valence-corrected chi connectivity index (χ3v) is 2.51. The summed E-state index contributed by atoms with van der Waals surface area (Å²) >= 11 is 0. The number of halogens is 1. The van der Waals surface area contributed by atoms with Crippen molar-refractivity contribution in [2.45, 2.75) is 33.4 Å². The number of hydrogen-bond acceptors (Lipinski definition) is 3. The zero-order valence-electron chi connectivity index (χ0n) is 10.1. The standard InChI is InChI=1S/C10H18N4O.ClH/c1-6(11)10(15)12-5-9-7(2)13-14(4)8(9)3;/h6H,5,11H2,1-4H3,(H,12,15);1H/t6-;/m1./s1. The number of nitrogens with zero attached hydrogens (tertiary/aromatic N) is 2. The lowest BCUT2D eigenvalue weighted by molar-refractivity contribution is -0.122. The Kier molecular flexibility index (Phi) is 5.47. The molecule has 92 valence electrons. The summed E-state index contributed by atoms with van der Waals surface area (Å²) in [6, 6.07) is -0.470. The molecule has 1 atom stereocenters. The molecule has 0 spiro atoms. The average Bonchev–Trinajstić information content (AvgIpc) is 2.38. The minimum atomic E-state index is -0.470. The quantitative estimate of drug-likeness (QED) is 0.812. The molecule has 1 aromatic heterocycles. The van der Waals surface area contributed by atoms with Crippen LogP contribution in [0.15, 0.2) is 0 Å². The SMILES string of the molecule is Cc1nn(C)c(C)c1CNC(=O)[C@@H](C)N.Cl. The zero-order chi connectivity index (χ0) is 11.6. The van der Waals surface area contributed by atoms with Gasteiger partial charge in [-0.3, -0.25) is 9.48 Å². The summed E-state index contributed by atoms with van der Waals surface area (Å²) in [5, 5.41) is 7.04. The fraction of sp³-hybridized carbons (Fsp3) is 0.600. The van der Waals surface area contributed by atoms with Gasteiger partial charge in [-0.2, -0.15) is 5.10 Å². The summed E-state index contributed by atoms with van der Waals surface area (Å²) in [5.74, 6) is -0.141. The molecule has 0 aliphatic heterocycles. The van der Waals surface area contributed by atoms with Crippen LogP contribution in [-0.4, -0.2) is 21.7 Å². The molecule has 5 nitrogen and oxygen atoms in total. The summed E-state index contributed by atoms with van der Waals surface area (Å²) < 4.78 is 1.81. The number of aryl methyl sites for hydroxylation is 2. The maximum absolute atomic E-state index is 11.3. The molecule has 0 fully saturated rings. The van der Waals surface area contributed by atoms with E-state index in [1.165, 1.54) is 0 Å². The second-order valence-corrected chi connectivity index (χ2v) is 3.78. The predicted octanol–water partition coefficient (Wildman–Crippen LogP) is 0.422. The second kappa shape index (κ2) is 5.86. The third-order valence-electron chi connectivity index (χ3n) is 2.51. The molecule has 0 radical (unpaired) electrons. The highest BCUT2D eigenvalue weighted by Gasteiger charge is 2.11. The van der Waals surface area contributed by atoms with Crippen molar-refractivity contribution in [3.8, 4) is 0 Å². The van der Waals surface area contributed by atoms with E-state index in [2.05, 4.69) is 10.4 Å². The number of hydrogen-bond donors (Lipinski definition) is 2. The lowest BCUT2D eigenvalue weighted by Crippen LogP contribution is -2.38. The summed E-state index contributed by atoms with van der Waals surface area (Å²) in [4.78, 5) is 11.3. The van der Waals surface area contributed by atoms with E-state index in [9.17, 15) is 4.79 Å². The maximum Gasteiger partial charge on any atom is 0.236 e. The Labute approximate surface area is 102 Å². The minimum absolute atomic E-state index is 0. The molecule has 16 heavy (non-hydrogen) atoms. The predicted molar refractivity (Wildman–Crippen MR) is 65.4 cm³/mol. The van der Waals surface area contributed by atoms with Crippen LogP contribution >= 0.6 is 12.4 Å². The van der Waals surface area contributed by atoms with Crippen LogP contribution in [0.25, 0.3) is 0 Å². The first-order valence-corrected chi connectivity index (χ1v) is 4.96. The molecule has 1 heterocycles. The van der Waals surface area contributed by atoms with Crippen LogP contribution in [0.5, 0.6) is 0 Å². The normalized spacial score (nSPS) is 11.8. The highest BCUT2D eigenvalue weighted by Crippen LogP contribution is 2.10. The number of nitrogens with two attached hydrogens (primary N) is 1. The van der Waals surface area contributed by atoms with Crippen LogP contribution in [0, 0.1) is 13.8 Å². The van der Waals surface area contributed by atoms with E-state index in [0.717, 1.165) is 17.0 Å². The topological polar surface area (TPSA) is 72.9 Å². The van der Waals surface area contributed by atoms with Gasteiger partial charge in [-0.1, -0.05) is 0 Å². The van der Waals surface area contributed by atoms with Gasteiger partial charge in [-0.25, -0.2) is 0 Å². The Balaban J connectivity index is 0.00000225. The highest BCUT2D eigenvalue weighted by atomic mass is 35.5. The van der Waals surface area contributed by atoms with Crippen molar-refractivity contribution in [1.82, 2.24) is 15.1 Å². The molecule has 0 saturated heterocycles. The maximum atomic E-state index is 11.3. The first-order valence-electron chi connectivity index (χ1n) is 4.96. The van der Waals surface area contributed by atoms with Crippen molar-refractivity contribution >= 4 is 18.3 Å². The van der Waals surface area contributed by atoms with E-state index < -0.39 is 6.04 Å². The van der Waals surface area contributed by atoms with Gasteiger partial charge in [0.15, 0.2) is 0 Å². The molecule has 0 unspecified atom stereocenters. The highest BCUT2D eigenvalue weighted by molar-refractivity contribution is 5.85. The van der Waals surface area contributed by atoms with Gasteiger partial charge >= 0.3 is 0 Å². The van der Waals surface area contributed by atoms with E-state index in [-0.39, 0.29) is 18.3 Å². The number of nitrogens with one attached hydrogen (secondary N) is 1. The summed E-state index contributed by atoms with van der Waals surface area (Å²) in [5.41, 5.74) is 8.52. The Bertz CT molecular complexity index is 373. The Hall–Kier alpha value is -1.07. The molecule has 1 rings (SSSR count). The van der Waals surface area contributed by atoms with Gasteiger partial charge in [0.25, 0.3) is 0 Å². The van der Waals surface area contributed by atoms with Crippen molar-refractivity contribution in [1.29, 1.82) is 0 Å². The number of rotatable bonds is 3. The van der Waals surface area contributed by atoms with Gasteiger partial charge in [0, 0.05) is 24.8 Å². The number of amides is 1. The molecule has 0 aromatic carbocycles. The van der Waals surface area contributed by atoms with E-state index in [0.29, 0.717) is 6.54 Å². The minimum Gasteiger partial charge on any atom is -0.351 e. The second-order valence-electron chi connectivity index (χ2n) is 3.78. The van der Waals surface area contributed by atoms with E-state index >= 15 is 0 Å². The molecule has 0 bridgehead atoms. The molecule has 6 heteroatoms. The summed E-state index contributed by atoms with van der Waals surface area (Å²) in [6.45, 7) is 6.07. The van der Waals surface area contributed by atoms with Crippen LogP contribution in [-0.2, 0) is 18.4 Å². The van der Waals surface area contributed by atoms with Gasteiger partial charge < -0.3 is 11.1 Å². The molecule has 0 aliphatic carbocycles. The summed E-state index contributed by atoms with van der Waals surface area (Å²) in [6.07, 6.45) is 0. The molecular formula is C10H19ClN4O. The fourth-order valence-electron chi connectivity index (χ4n) is 1.41. The van der Waals surface area contributed by atoms with E-state index in [1.54, 1.807) is 6.92 Å². The smallest absolute Gasteiger partial charge is 0.236 e. The first-order chi connectivity index (χ1) is 6.93. The van der Waals surface area contributed by atoms with Gasteiger partial charge in [-0.05, 0) is 20.8 Å². The van der Waals surface area contributed by atoms with Gasteiger partial charge in [0.1, 0.15) is 0 Å². The Morgan fingerprint density at radius 3 is 2.50 bits per heavy atom. The van der Waals surface area contributed by atoms with Gasteiger partial charge in [0.05, 0.1) is 11.7 Å². The molecule has 3 N–H and O–H groups in total. The molecular weight excluding hydrogens is 228 g/mol. The largest absolute Gasteiger partial charge is 0.351 e. The molecule has 0 aliphatic rings. The first kappa shape index (κ1) is 14.9. The van der Waals surface area contributed by atoms with Crippen LogP contribution in [0.4, 0.5) is 0 Å². The fourth-order valence-corrected chi connectivity index (χ4v) is 1.41. The lowest BCUT2D eigenvalue weighted by atomic mass is 10.2. The molecule has 1 aromatic rings. The van der Waals surface area contributed by atoms with Crippen molar-refractivity contribution in [2.75, 3.05) is 0 Å². The van der Waals surface area contributed by atoms with Crippen LogP contribution < -0.4 is 11.1 Å². The third kappa shape index (κ3) is 3.21. The number of aromatic nitrogens is 2. The molecule has 1 amide bonds. The Morgan fingerprint density at radius 2 is 2.12 bits per heavy atom. The number of carbonyl (C=O) groups is 1. The average molecular weight is 247 g/mol. The van der Waals surface area contributed by atoms with E-state index in [4.69, 9.17) is 5.73 Å².